The van der Waals surface area contributed by atoms with E-state index >= 15 is 0 Å². The van der Waals surface area contributed by atoms with Crippen LogP contribution in [0.25, 0.3) is 0 Å². The Bertz CT molecular complexity index is 865. The fourth-order valence-electron chi connectivity index (χ4n) is 3.97. The van der Waals surface area contributed by atoms with Crippen LogP contribution in [0.2, 0.25) is 0 Å². The number of anilines is 2. The van der Waals surface area contributed by atoms with Crippen LogP contribution in [0.3, 0.4) is 0 Å². The molecule has 0 spiro atoms. The molecule has 2 aliphatic heterocycles. The fourth-order valence-corrected chi connectivity index (χ4v) is 4.69. The third-order valence-electron chi connectivity index (χ3n) is 5.49. The molecule has 0 bridgehead atoms. The number of amides is 1. The summed E-state index contributed by atoms with van der Waals surface area (Å²) >= 11 is 1.56. The van der Waals surface area contributed by atoms with E-state index < -0.39 is 5.82 Å². The van der Waals surface area contributed by atoms with Crippen molar-refractivity contribution in [2.45, 2.75) is 25.8 Å². The van der Waals surface area contributed by atoms with E-state index in [-0.39, 0.29) is 17.7 Å². The largest absolute Gasteiger partial charge is 0.366 e. The predicted molar refractivity (Wildman–Crippen MR) is 108 cm³/mol. The zero-order chi connectivity index (χ0) is 19.7. The van der Waals surface area contributed by atoms with Crippen LogP contribution in [-0.4, -0.2) is 60.3 Å². The van der Waals surface area contributed by atoms with Crippen LogP contribution in [0, 0.1) is 5.82 Å². The first kappa shape index (κ1) is 18.9. The Morgan fingerprint density at radius 3 is 2.61 bits per heavy atom. The number of Topliss-reactive ketones (excluding diaryl/α,β-unsaturated/α-hetero) is 1. The minimum Gasteiger partial charge on any atom is -0.366 e. The summed E-state index contributed by atoms with van der Waals surface area (Å²) in [7, 11) is 0. The molecule has 3 heterocycles. The number of hydrogen-bond donors (Lipinski definition) is 0. The van der Waals surface area contributed by atoms with Crippen molar-refractivity contribution in [3.63, 3.8) is 0 Å². The summed E-state index contributed by atoms with van der Waals surface area (Å²) < 4.78 is 14.4. The van der Waals surface area contributed by atoms with Gasteiger partial charge < -0.3 is 14.7 Å². The van der Waals surface area contributed by atoms with E-state index in [1.165, 1.54) is 13.0 Å². The Kier molecular flexibility index (Phi) is 5.30. The summed E-state index contributed by atoms with van der Waals surface area (Å²) in [5, 5.41) is 2.84. The molecule has 2 saturated heterocycles. The summed E-state index contributed by atoms with van der Waals surface area (Å²) in [4.78, 5) is 34.8. The van der Waals surface area contributed by atoms with Gasteiger partial charge in [-0.1, -0.05) is 0 Å². The topological polar surface area (TPSA) is 56.8 Å². The number of nitrogens with zero attached hydrogens (tertiary/aromatic N) is 4. The molecule has 6 nitrogen and oxygen atoms in total. The van der Waals surface area contributed by atoms with Gasteiger partial charge in [0, 0.05) is 49.9 Å². The first-order valence-corrected chi connectivity index (χ1v) is 10.4. The van der Waals surface area contributed by atoms with Crippen molar-refractivity contribution in [3.05, 3.63) is 41.2 Å². The van der Waals surface area contributed by atoms with Crippen molar-refractivity contribution in [2.24, 2.45) is 0 Å². The molecule has 4 rings (SSSR count). The highest BCUT2D eigenvalue weighted by atomic mass is 32.1. The second-order valence-corrected chi connectivity index (χ2v) is 8.07. The molecule has 0 radical (unpaired) electrons. The first-order valence-electron chi connectivity index (χ1n) is 9.55. The zero-order valence-electron chi connectivity index (χ0n) is 15.8. The number of ketones is 1. The van der Waals surface area contributed by atoms with Crippen molar-refractivity contribution in [1.82, 2.24) is 9.88 Å². The molecule has 0 saturated carbocycles. The molecular formula is C20H23FN4O2S. The van der Waals surface area contributed by atoms with Gasteiger partial charge in [-0.15, -0.1) is 11.3 Å². The molecule has 1 atom stereocenters. The molecule has 1 aromatic heterocycles. The SMILES string of the molecule is CC(=O)c1ccc(N2CCN(C(=O)C3CCCN3c3nccs3)CC2)c(F)c1. The number of halogens is 1. The quantitative estimate of drug-likeness (QED) is 0.736. The maximum atomic E-state index is 14.4. The van der Waals surface area contributed by atoms with Crippen molar-refractivity contribution in [1.29, 1.82) is 0 Å². The number of hydrogen-bond acceptors (Lipinski definition) is 6. The summed E-state index contributed by atoms with van der Waals surface area (Å²) in [6, 6.07) is 4.46. The Morgan fingerprint density at radius 1 is 1.18 bits per heavy atom. The van der Waals surface area contributed by atoms with Crippen LogP contribution in [-0.2, 0) is 4.79 Å². The van der Waals surface area contributed by atoms with Crippen LogP contribution in [0.5, 0.6) is 0 Å². The number of carbonyl (C=O) groups is 2. The average molecular weight is 402 g/mol. The Balaban J connectivity index is 1.40. The van der Waals surface area contributed by atoms with Gasteiger partial charge in [-0.05, 0) is 38.0 Å². The molecule has 1 aromatic carbocycles. The molecule has 1 amide bonds. The monoisotopic (exact) mass is 402 g/mol. The van der Waals surface area contributed by atoms with E-state index in [9.17, 15) is 14.0 Å². The first-order chi connectivity index (χ1) is 13.5. The lowest BCUT2D eigenvalue weighted by Gasteiger charge is -2.38. The molecule has 148 valence electrons. The lowest BCUT2D eigenvalue weighted by molar-refractivity contribution is -0.132. The summed E-state index contributed by atoms with van der Waals surface area (Å²) in [5.41, 5.74) is 0.862. The van der Waals surface area contributed by atoms with Gasteiger partial charge in [-0.2, -0.15) is 0 Å². The average Bonchev–Trinajstić information content (AvgIpc) is 3.39. The second kappa shape index (κ2) is 7.87. The Hall–Kier alpha value is -2.48. The Morgan fingerprint density at radius 2 is 1.96 bits per heavy atom. The van der Waals surface area contributed by atoms with E-state index in [1.807, 2.05) is 15.2 Å². The van der Waals surface area contributed by atoms with Crippen LogP contribution in [0.4, 0.5) is 15.2 Å². The fraction of sp³-hybridized carbons (Fsp3) is 0.450. The maximum Gasteiger partial charge on any atom is 0.245 e. The third kappa shape index (κ3) is 3.61. The number of thiazole rings is 1. The predicted octanol–water partition coefficient (Wildman–Crippen LogP) is 2.80. The van der Waals surface area contributed by atoms with Crippen molar-refractivity contribution < 1.29 is 14.0 Å². The standard InChI is InChI=1S/C20H23FN4O2S/c1-14(26)15-4-5-17(16(21)13-15)23-8-10-24(11-9-23)19(27)18-3-2-7-25(18)20-22-6-12-28-20/h4-6,12-13,18H,2-3,7-11H2,1H3. The molecule has 1 unspecified atom stereocenters. The number of benzene rings is 1. The minimum absolute atomic E-state index is 0.139. The number of rotatable bonds is 4. The van der Waals surface area contributed by atoms with E-state index in [2.05, 4.69) is 9.88 Å². The smallest absolute Gasteiger partial charge is 0.245 e. The van der Waals surface area contributed by atoms with Crippen LogP contribution in [0.1, 0.15) is 30.1 Å². The molecule has 2 aromatic rings. The second-order valence-electron chi connectivity index (χ2n) is 7.20. The third-order valence-corrected chi connectivity index (χ3v) is 6.30. The van der Waals surface area contributed by atoms with Gasteiger partial charge in [0.2, 0.25) is 5.91 Å². The number of aromatic nitrogens is 1. The number of carbonyl (C=O) groups excluding carboxylic acids is 2. The van der Waals surface area contributed by atoms with Gasteiger partial charge in [-0.3, -0.25) is 9.59 Å². The van der Waals surface area contributed by atoms with Gasteiger partial charge in [0.1, 0.15) is 11.9 Å². The van der Waals surface area contributed by atoms with E-state index in [0.717, 1.165) is 24.5 Å². The molecule has 2 fully saturated rings. The zero-order valence-corrected chi connectivity index (χ0v) is 16.6. The molecule has 2 aliphatic rings. The van der Waals surface area contributed by atoms with E-state index in [0.29, 0.717) is 37.4 Å². The lowest BCUT2D eigenvalue weighted by Crippen LogP contribution is -2.54. The van der Waals surface area contributed by atoms with E-state index in [4.69, 9.17) is 0 Å². The van der Waals surface area contributed by atoms with Gasteiger partial charge in [0.25, 0.3) is 0 Å². The van der Waals surface area contributed by atoms with Crippen LogP contribution in [0.15, 0.2) is 29.8 Å². The van der Waals surface area contributed by atoms with Crippen molar-refractivity contribution in [2.75, 3.05) is 42.5 Å². The molecule has 8 heteroatoms. The molecule has 0 aliphatic carbocycles. The summed E-state index contributed by atoms with van der Waals surface area (Å²) in [5.74, 6) is -0.403. The van der Waals surface area contributed by atoms with E-state index in [1.54, 1.807) is 29.7 Å². The van der Waals surface area contributed by atoms with Gasteiger partial charge >= 0.3 is 0 Å². The highest BCUT2D eigenvalue weighted by molar-refractivity contribution is 7.13. The Labute approximate surface area is 167 Å². The molecule has 28 heavy (non-hydrogen) atoms. The maximum absolute atomic E-state index is 14.4. The summed E-state index contributed by atoms with van der Waals surface area (Å²) in [6.45, 7) is 4.57. The minimum atomic E-state index is -0.391. The molecule has 0 N–H and O–H groups in total. The molecular weight excluding hydrogens is 379 g/mol. The lowest BCUT2D eigenvalue weighted by atomic mass is 10.1. The number of piperazine rings is 1. The van der Waals surface area contributed by atoms with Gasteiger partial charge in [0.15, 0.2) is 10.9 Å². The van der Waals surface area contributed by atoms with Gasteiger partial charge in [-0.25, -0.2) is 9.37 Å². The van der Waals surface area contributed by atoms with Crippen LogP contribution >= 0.6 is 11.3 Å². The summed E-state index contributed by atoms with van der Waals surface area (Å²) in [6.07, 6.45) is 3.61. The highest BCUT2D eigenvalue weighted by Gasteiger charge is 2.36. The van der Waals surface area contributed by atoms with Crippen LogP contribution < -0.4 is 9.80 Å². The highest BCUT2D eigenvalue weighted by Crippen LogP contribution is 2.29. The van der Waals surface area contributed by atoms with Crippen molar-refractivity contribution >= 4 is 33.8 Å². The van der Waals surface area contributed by atoms with Crippen molar-refractivity contribution in [3.8, 4) is 0 Å². The normalized spacial score (nSPS) is 19.9. The van der Waals surface area contributed by atoms with Gasteiger partial charge in [0.05, 0.1) is 5.69 Å².